The van der Waals surface area contributed by atoms with E-state index >= 15 is 0 Å². The van der Waals surface area contributed by atoms with Crippen LogP contribution in [0.3, 0.4) is 0 Å². The van der Waals surface area contributed by atoms with Gasteiger partial charge in [0.05, 0.1) is 17.1 Å². The van der Waals surface area contributed by atoms with Crippen molar-refractivity contribution in [2.75, 3.05) is 4.81 Å². The fourth-order valence-electron chi connectivity index (χ4n) is 8.77. The zero-order chi connectivity index (χ0) is 46.3. The molecule has 1 aliphatic rings. The molecule has 65 heavy (non-hydrogen) atoms. The Bertz CT molecular complexity index is 3150. The summed E-state index contributed by atoms with van der Waals surface area (Å²) in [5.74, 6) is 1.38. The summed E-state index contributed by atoms with van der Waals surface area (Å²) in [6.07, 6.45) is 4.55. The number of hydrogen-bond donors (Lipinski definition) is 0. The third kappa shape index (κ3) is 9.32. The predicted molar refractivity (Wildman–Crippen MR) is 270 cm³/mol. The number of furan rings is 1. The second-order valence-electron chi connectivity index (χ2n) is 18.2. The SMILES string of the molecule is CB1c2c(nc(-c3[c-]ccc4c3oc3ccccc34)n2-c2c(C(C)C)cc(-c3ccccc3)cc2C(C)C)C=CN1c1ccccc1.[2H]C([2H])(c1ccc(-c2[c-]cccc2)nc1)C(C)(C)C.[Ir]. The quantitative estimate of drug-likeness (QED) is 0.112. The summed E-state index contributed by atoms with van der Waals surface area (Å²) in [5, 5.41) is 2.17. The molecule has 0 spiro atoms. The summed E-state index contributed by atoms with van der Waals surface area (Å²) in [6, 6.07) is 56.5. The predicted octanol–water partition coefficient (Wildman–Crippen LogP) is 14.6. The molecule has 4 heterocycles. The number of fused-ring (bicyclic) bond motifs is 4. The van der Waals surface area contributed by atoms with Crippen LogP contribution in [0.1, 0.15) is 85.4 Å². The van der Waals surface area contributed by atoms with Gasteiger partial charge in [-0.15, -0.1) is 54.1 Å². The topological polar surface area (TPSA) is 47.1 Å². The van der Waals surface area contributed by atoms with Crippen LogP contribution in [0.5, 0.6) is 0 Å². The van der Waals surface area contributed by atoms with Crippen molar-refractivity contribution in [2.45, 2.75) is 73.5 Å². The minimum atomic E-state index is -1.40. The van der Waals surface area contributed by atoms with E-state index in [2.05, 4.69) is 164 Å². The Labute approximate surface area is 401 Å². The van der Waals surface area contributed by atoms with Crippen LogP contribution in [0.15, 0.2) is 162 Å². The molecule has 0 saturated carbocycles. The Morgan fingerprint density at radius 1 is 0.738 bits per heavy atom. The first-order chi connectivity index (χ1) is 31.7. The summed E-state index contributed by atoms with van der Waals surface area (Å²) >= 11 is 0. The standard InChI is InChI=1S/C42H37BN3O.C16H18N.Ir/c1-27(2)35-25-30(29-15-8-6-9-16-29)26-36(28(3)4)39(35)46-41-37(23-24-45(43(41)5)31-17-10-7-11-18-31)44-42(46)34-21-14-20-33-32-19-12-13-22-38(32)47-40(33)34;1-16(2,3)11-13-9-10-15(17-12-13)14-7-5-4-6-8-14;/h6-20,22-28H,1-5H3;4-7,9-10,12H,11H2,1-3H3;/q2*-1;/i;11D2;. The van der Waals surface area contributed by atoms with Gasteiger partial charge in [0.1, 0.15) is 5.58 Å². The van der Waals surface area contributed by atoms with Gasteiger partial charge in [-0.25, -0.2) is 0 Å². The van der Waals surface area contributed by atoms with E-state index in [1.54, 1.807) is 6.20 Å². The van der Waals surface area contributed by atoms with Crippen molar-refractivity contribution >= 4 is 46.1 Å². The van der Waals surface area contributed by atoms with Gasteiger partial charge in [0, 0.05) is 51.4 Å². The fourth-order valence-corrected chi connectivity index (χ4v) is 8.77. The van der Waals surface area contributed by atoms with E-state index in [1.165, 1.54) is 27.9 Å². The summed E-state index contributed by atoms with van der Waals surface area (Å²) in [4.78, 5) is 12.1. The number of hydrogen-bond acceptors (Lipinski definition) is 4. The molecule has 327 valence electrons. The smallest absolute Gasteiger partial charge is 0.310 e. The number of rotatable bonds is 8. The van der Waals surface area contributed by atoms with Crippen LogP contribution >= 0.6 is 0 Å². The Balaban J connectivity index is 0.000000256. The Kier molecular flexibility index (Phi) is 12.5. The molecule has 1 radical (unpaired) electrons. The number of anilines is 1. The molecular weight excluding hydrogens is 972 g/mol. The van der Waals surface area contributed by atoms with Crippen LogP contribution in [0.25, 0.3) is 67.5 Å². The van der Waals surface area contributed by atoms with Crippen molar-refractivity contribution < 1.29 is 27.3 Å². The molecule has 9 aromatic rings. The number of imidazole rings is 1. The molecule has 3 aromatic heterocycles. The molecule has 1 aliphatic heterocycles. The molecular formula is C58H55BIrN4O-2. The first kappa shape index (κ1) is 42.7. The fraction of sp³-hybridized carbons (Fsp3) is 0.207. The Morgan fingerprint density at radius 3 is 2.06 bits per heavy atom. The first-order valence-corrected chi connectivity index (χ1v) is 22.4. The maximum atomic E-state index is 8.21. The van der Waals surface area contributed by atoms with Gasteiger partial charge < -0.3 is 18.8 Å². The van der Waals surface area contributed by atoms with E-state index in [0.717, 1.165) is 61.6 Å². The monoisotopic (exact) mass is 1030 g/mol. The van der Waals surface area contributed by atoms with Gasteiger partial charge in [0.25, 0.3) is 0 Å². The molecule has 0 N–H and O–H groups in total. The van der Waals surface area contributed by atoms with Crippen molar-refractivity contribution in [1.29, 1.82) is 0 Å². The molecule has 0 unspecified atom stereocenters. The summed E-state index contributed by atoms with van der Waals surface area (Å²) in [6.45, 7) is 17.2. The molecule has 0 amide bonds. The number of aromatic nitrogens is 3. The summed E-state index contributed by atoms with van der Waals surface area (Å²) < 4.78 is 25.5. The minimum absolute atomic E-state index is 0. The molecule has 0 bridgehead atoms. The van der Waals surface area contributed by atoms with Gasteiger partial charge in [-0.2, -0.15) is 0 Å². The molecule has 7 heteroatoms. The van der Waals surface area contributed by atoms with Crippen molar-refractivity contribution in [3.63, 3.8) is 0 Å². The molecule has 0 atom stereocenters. The third-order valence-electron chi connectivity index (χ3n) is 11.8. The van der Waals surface area contributed by atoms with Crippen LogP contribution < -0.4 is 10.4 Å². The van der Waals surface area contributed by atoms with E-state index < -0.39 is 11.8 Å². The molecule has 0 saturated heterocycles. The van der Waals surface area contributed by atoms with Crippen LogP contribution in [-0.2, 0) is 26.5 Å². The third-order valence-corrected chi connectivity index (χ3v) is 11.8. The zero-order valence-electron chi connectivity index (χ0n) is 40.4. The normalized spacial score (nSPS) is 13.1. The molecule has 10 rings (SSSR count). The number of nitrogens with zero attached hydrogens (tertiary/aromatic N) is 4. The minimum Gasteiger partial charge on any atom is -0.501 e. The first-order valence-electron chi connectivity index (χ1n) is 23.4. The van der Waals surface area contributed by atoms with E-state index in [1.807, 2.05) is 75.4 Å². The zero-order valence-corrected chi connectivity index (χ0v) is 40.7. The average Bonchev–Trinajstić information content (AvgIpc) is 3.91. The second kappa shape index (κ2) is 19.1. The van der Waals surface area contributed by atoms with E-state index in [0.29, 0.717) is 5.56 Å². The summed E-state index contributed by atoms with van der Waals surface area (Å²) in [7, 11) is 0. The van der Waals surface area contributed by atoms with Gasteiger partial charge in [0.15, 0.2) is 0 Å². The number of benzene rings is 6. The summed E-state index contributed by atoms with van der Waals surface area (Å²) in [5.41, 5.74) is 14.0. The average molecular weight is 1030 g/mol. The molecule has 6 aromatic carbocycles. The maximum absolute atomic E-state index is 8.21. The molecule has 0 aliphatic carbocycles. The van der Waals surface area contributed by atoms with E-state index in [9.17, 15) is 0 Å². The van der Waals surface area contributed by atoms with Crippen LogP contribution in [0.4, 0.5) is 5.69 Å². The van der Waals surface area contributed by atoms with Crippen molar-refractivity contribution in [3.8, 4) is 39.5 Å². The molecule has 5 nitrogen and oxygen atoms in total. The largest absolute Gasteiger partial charge is 0.501 e. The van der Waals surface area contributed by atoms with Crippen molar-refractivity contribution in [1.82, 2.24) is 14.5 Å². The molecule has 0 fully saturated rings. The van der Waals surface area contributed by atoms with Gasteiger partial charge in [-0.1, -0.05) is 145 Å². The van der Waals surface area contributed by atoms with Crippen LogP contribution in [0.2, 0.25) is 6.82 Å². The van der Waals surface area contributed by atoms with Gasteiger partial charge >= 0.3 is 6.85 Å². The van der Waals surface area contributed by atoms with Crippen molar-refractivity contribution in [3.05, 3.63) is 193 Å². The van der Waals surface area contributed by atoms with Crippen molar-refractivity contribution in [2.24, 2.45) is 5.41 Å². The maximum Gasteiger partial charge on any atom is 0.310 e. The number of pyridine rings is 1. The van der Waals surface area contributed by atoms with E-state index in [4.69, 9.17) is 12.1 Å². The van der Waals surface area contributed by atoms with Gasteiger partial charge in [-0.05, 0) is 99.7 Å². The number of para-hydroxylation sites is 2. The van der Waals surface area contributed by atoms with Gasteiger partial charge in [0.2, 0.25) is 0 Å². The van der Waals surface area contributed by atoms with Crippen LogP contribution in [-0.4, -0.2) is 21.4 Å². The van der Waals surface area contributed by atoms with E-state index in [-0.39, 0.29) is 38.8 Å². The Morgan fingerprint density at radius 2 is 1.42 bits per heavy atom. The van der Waals surface area contributed by atoms with Gasteiger partial charge in [-0.3, -0.25) is 4.98 Å². The van der Waals surface area contributed by atoms with Crippen LogP contribution in [0, 0.1) is 17.5 Å². The second-order valence-corrected chi connectivity index (χ2v) is 18.2. The Hall–Kier alpha value is -6.27.